The van der Waals surface area contributed by atoms with Crippen LogP contribution in [0.4, 0.5) is 0 Å². The van der Waals surface area contributed by atoms with E-state index in [2.05, 4.69) is 15.8 Å². The predicted octanol–water partition coefficient (Wildman–Crippen LogP) is 3.04. The third-order valence-corrected chi connectivity index (χ3v) is 6.56. The normalized spacial score (nSPS) is 11.2. The molecule has 0 atom stereocenters. The van der Waals surface area contributed by atoms with Gasteiger partial charge in [0, 0.05) is 17.8 Å². The van der Waals surface area contributed by atoms with E-state index in [0.29, 0.717) is 10.6 Å². The van der Waals surface area contributed by atoms with Gasteiger partial charge in [-0.25, -0.2) is 13.4 Å². The van der Waals surface area contributed by atoms with Crippen LogP contribution in [0.2, 0.25) is 10.2 Å². The monoisotopic (exact) mass is 492 g/mol. The second-order valence-electron chi connectivity index (χ2n) is 6.58. The summed E-state index contributed by atoms with van der Waals surface area (Å²) >= 11 is 11.5. The quantitative estimate of drug-likeness (QED) is 0.389. The zero-order chi connectivity index (χ0) is 23.1. The van der Waals surface area contributed by atoms with Gasteiger partial charge < -0.3 is 0 Å². The minimum Gasteiger partial charge on any atom is -0.272 e. The molecule has 8 nitrogen and oxygen atoms in total. The van der Waals surface area contributed by atoms with Crippen molar-refractivity contribution in [1.82, 2.24) is 20.1 Å². The highest BCUT2D eigenvalue weighted by atomic mass is 35.5. The Balaban J connectivity index is 1.74. The molecule has 0 spiro atoms. The molecule has 11 heteroatoms. The van der Waals surface area contributed by atoms with Crippen LogP contribution in [0.15, 0.2) is 77.8 Å². The van der Waals surface area contributed by atoms with Crippen molar-refractivity contribution in [3.05, 3.63) is 94.2 Å². The summed E-state index contributed by atoms with van der Waals surface area (Å²) in [6, 6.07) is 17.3. The van der Waals surface area contributed by atoms with E-state index in [1.165, 1.54) is 42.6 Å². The second-order valence-corrected chi connectivity index (χ2v) is 9.35. The van der Waals surface area contributed by atoms with Crippen LogP contribution in [0.3, 0.4) is 0 Å². The standard InChI is InChI=1S/C21H18Cl2N4O4S/c22-17-7-9-18(10-8-17)32(30,31)27(13-15-4-2-1-3-5-15)14-20(28)25-26-21(29)16-6-11-19(23)24-12-16/h1-12H,13-14H2,(H,25,28)(H,26,29). The SMILES string of the molecule is O=C(CN(Cc1ccccc1)S(=O)(=O)c1ccc(Cl)cc1)NNC(=O)c1ccc(Cl)nc1. The minimum absolute atomic E-state index is 0.0121. The number of amides is 2. The number of hydrogen-bond donors (Lipinski definition) is 2. The molecule has 1 aromatic heterocycles. The highest BCUT2D eigenvalue weighted by molar-refractivity contribution is 7.89. The van der Waals surface area contributed by atoms with Gasteiger partial charge >= 0.3 is 0 Å². The zero-order valence-electron chi connectivity index (χ0n) is 16.5. The molecule has 32 heavy (non-hydrogen) atoms. The summed E-state index contributed by atoms with van der Waals surface area (Å²) in [5, 5.41) is 0.602. The van der Waals surface area contributed by atoms with Gasteiger partial charge in [0.25, 0.3) is 11.8 Å². The van der Waals surface area contributed by atoms with Crippen molar-refractivity contribution in [1.29, 1.82) is 0 Å². The van der Waals surface area contributed by atoms with Crippen LogP contribution in [0.5, 0.6) is 0 Å². The van der Waals surface area contributed by atoms with E-state index in [1.54, 1.807) is 30.3 Å². The number of sulfonamides is 1. The van der Waals surface area contributed by atoms with Crippen LogP contribution in [0.25, 0.3) is 0 Å². The van der Waals surface area contributed by atoms with Gasteiger partial charge in [-0.1, -0.05) is 53.5 Å². The van der Waals surface area contributed by atoms with Gasteiger partial charge in [0.15, 0.2) is 0 Å². The lowest BCUT2D eigenvalue weighted by atomic mass is 10.2. The minimum atomic E-state index is -4.03. The van der Waals surface area contributed by atoms with Gasteiger partial charge in [-0.3, -0.25) is 20.4 Å². The van der Waals surface area contributed by atoms with E-state index in [9.17, 15) is 18.0 Å². The number of benzene rings is 2. The van der Waals surface area contributed by atoms with Crippen molar-refractivity contribution >= 4 is 45.0 Å². The first-order chi connectivity index (χ1) is 15.3. The van der Waals surface area contributed by atoms with Gasteiger partial charge in [-0.2, -0.15) is 4.31 Å². The third kappa shape index (κ3) is 6.27. The van der Waals surface area contributed by atoms with Gasteiger partial charge in [0.2, 0.25) is 10.0 Å². The fourth-order valence-corrected chi connectivity index (χ4v) is 4.30. The molecule has 3 aromatic rings. The maximum atomic E-state index is 13.2. The van der Waals surface area contributed by atoms with Crippen molar-refractivity contribution in [2.24, 2.45) is 0 Å². The molecular formula is C21H18Cl2N4O4S. The summed E-state index contributed by atoms with van der Waals surface area (Å²) in [6.07, 6.45) is 1.25. The average Bonchev–Trinajstić information content (AvgIpc) is 2.78. The predicted molar refractivity (Wildman–Crippen MR) is 120 cm³/mol. The van der Waals surface area contributed by atoms with E-state index in [0.717, 1.165) is 4.31 Å². The highest BCUT2D eigenvalue weighted by Crippen LogP contribution is 2.20. The van der Waals surface area contributed by atoms with Crippen molar-refractivity contribution < 1.29 is 18.0 Å². The number of hydrazine groups is 1. The van der Waals surface area contributed by atoms with Crippen molar-refractivity contribution in [2.75, 3.05) is 6.54 Å². The number of rotatable bonds is 7. The first-order valence-electron chi connectivity index (χ1n) is 9.26. The summed E-state index contributed by atoms with van der Waals surface area (Å²) in [5.41, 5.74) is 5.30. The Morgan fingerprint density at radius 2 is 1.59 bits per heavy atom. The van der Waals surface area contributed by atoms with Gasteiger partial charge in [-0.15, -0.1) is 0 Å². The fraction of sp³-hybridized carbons (Fsp3) is 0.0952. The Hall–Kier alpha value is -2.98. The molecular weight excluding hydrogens is 475 g/mol. The summed E-state index contributed by atoms with van der Waals surface area (Å²) in [4.78, 5) is 28.4. The second kappa shape index (κ2) is 10.6. The number of nitrogens with zero attached hydrogens (tertiary/aromatic N) is 2. The fourth-order valence-electron chi connectivity index (χ4n) is 2.68. The molecule has 1 heterocycles. The summed E-state index contributed by atoms with van der Waals surface area (Å²) < 4.78 is 27.4. The lowest BCUT2D eigenvalue weighted by Gasteiger charge is -2.22. The van der Waals surface area contributed by atoms with Crippen LogP contribution in [-0.4, -0.2) is 36.1 Å². The number of carbonyl (C=O) groups excluding carboxylic acids is 2. The molecule has 3 rings (SSSR count). The largest absolute Gasteiger partial charge is 0.272 e. The van der Waals surface area contributed by atoms with Crippen molar-refractivity contribution in [2.45, 2.75) is 11.4 Å². The lowest BCUT2D eigenvalue weighted by molar-refractivity contribution is -0.122. The van der Waals surface area contributed by atoms with Gasteiger partial charge in [0.1, 0.15) is 5.15 Å². The van der Waals surface area contributed by atoms with Crippen LogP contribution in [0.1, 0.15) is 15.9 Å². The summed E-state index contributed by atoms with van der Waals surface area (Å²) in [5.74, 6) is -1.36. The molecule has 0 saturated heterocycles. The van der Waals surface area contributed by atoms with Gasteiger partial charge in [0.05, 0.1) is 17.0 Å². The number of carbonyl (C=O) groups is 2. The Kier molecular flexibility index (Phi) is 7.81. The van der Waals surface area contributed by atoms with Crippen LogP contribution >= 0.6 is 23.2 Å². The van der Waals surface area contributed by atoms with Crippen LogP contribution < -0.4 is 10.9 Å². The van der Waals surface area contributed by atoms with E-state index in [-0.39, 0.29) is 22.2 Å². The number of pyridine rings is 1. The third-order valence-electron chi connectivity index (χ3n) is 4.28. The topological polar surface area (TPSA) is 108 Å². The molecule has 0 radical (unpaired) electrons. The Bertz CT molecular complexity index is 1190. The molecule has 0 unspecified atom stereocenters. The maximum Gasteiger partial charge on any atom is 0.271 e. The number of aromatic nitrogens is 1. The first-order valence-corrected chi connectivity index (χ1v) is 11.5. The molecule has 0 aliphatic heterocycles. The van der Waals surface area contributed by atoms with E-state index in [1.807, 2.05) is 0 Å². The van der Waals surface area contributed by atoms with Crippen molar-refractivity contribution in [3.63, 3.8) is 0 Å². The van der Waals surface area contributed by atoms with Crippen LogP contribution in [-0.2, 0) is 21.4 Å². The van der Waals surface area contributed by atoms with Crippen LogP contribution in [0, 0.1) is 0 Å². The number of nitrogens with one attached hydrogen (secondary N) is 2. The Morgan fingerprint density at radius 3 is 2.22 bits per heavy atom. The molecule has 2 aromatic carbocycles. The van der Waals surface area contributed by atoms with E-state index < -0.39 is 28.4 Å². The smallest absolute Gasteiger partial charge is 0.271 e. The Labute approximate surface area is 195 Å². The first kappa shape index (κ1) is 23.7. The average molecular weight is 493 g/mol. The number of hydrogen-bond acceptors (Lipinski definition) is 5. The molecule has 0 fully saturated rings. The lowest BCUT2D eigenvalue weighted by Crippen LogP contribution is -2.47. The molecule has 2 amide bonds. The number of halogens is 2. The summed E-state index contributed by atoms with van der Waals surface area (Å²) in [6.45, 7) is -0.576. The maximum absolute atomic E-state index is 13.2. The molecule has 0 aliphatic carbocycles. The molecule has 0 aliphatic rings. The van der Waals surface area contributed by atoms with E-state index >= 15 is 0 Å². The molecule has 2 N–H and O–H groups in total. The van der Waals surface area contributed by atoms with Gasteiger partial charge in [-0.05, 0) is 42.0 Å². The molecule has 166 valence electrons. The zero-order valence-corrected chi connectivity index (χ0v) is 18.9. The van der Waals surface area contributed by atoms with E-state index in [4.69, 9.17) is 23.2 Å². The molecule has 0 saturated carbocycles. The highest BCUT2D eigenvalue weighted by Gasteiger charge is 2.27. The summed E-state index contributed by atoms with van der Waals surface area (Å²) in [7, 11) is -4.03. The molecule has 0 bridgehead atoms. The van der Waals surface area contributed by atoms with Crippen molar-refractivity contribution in [3.8, 4) is 0 Å². The Morgan fingerprint density at radius 1 is 0.906 bits per heavy atom.